The van der Waals surface area contributed by atoms with E-state index in [0.29, 0.717) is 10.2 Å². The van der Waals surface area contributed by atoms with E-state index in [1.807, 2.05) is 0 Å². The molecule has 0 spiro atoms. The summed E-state index contributed by atoms with van der Waals surface area (Å²) in [6.45, 7) is 0. The van der Waals surface area contributed by atoms with Crippen LogP contribution in [0.3, 0.4) is 0 Å². The van der Waals surface area contributed by atoms with Crippen LogP contribution in [-0.4, -0.2) is 0 Å². The van der Waals surface area contributed by atoms with Gasteiger partial charge in [0.25, 0.3) is 0 Å². The van der Waals surface area contributed by atoms with Crippen LogP contribution in [0, 0.1) is 11.6 Å². The maximum absolute atomic E-state index is 13.9. The van der Waals surface area contributed by atoms with Crippen LogP contribution in [0.1, 0.15) is 0 Å². The van der Waals surface area contributed by atoms with Crippen molar-refractivity contribution >= 4 is 33.2 Å². The number of halogens is 4. The lowest BCUT2D eigenvalue weighted by Crippen LogP contribution is -1.93. The lowest BCUT2D eigenvalue weighted by atomic mass is 10.0. The van der Waals surface area contributed by atoms with Gasteiger partial charge >= 0.3 is 0 Å². The molecule has 2 N–H and O–H groups in total. The Hall–Kier alpha value is -1.13. The van der Waals surface area contributed by atoms with Crippen molar-refractivity contribution in [2.75, 3.05) is 5.73 Å². The van der Waals surface area contributed by atoms with Crippen LogP contribution < -0.4 is 5.73 Å². The van der Waals surface area contributed by atoms with Crippen molar-refractivity contribution < 1.29 is 8.78 Å². The van der Waals surface area contributed by atoms with Gasteiger partial charge in [0.1, 0.15) is 5.82 Å². The molecule has 0 unspecified atom stereocenters. The molecule has 5 heteroatoms. The third-order valence-electron chi connectivity index (χ3n) is 2.32. The van der Waals surface area contributed by atoms with Crippen molar-refractivity contribution in [3.05, 3.63) is 51.5 Å². The minimum Gasteiger partial charge on any atom is -0.399 e. The van der Waals surface area contributed by atoms with Crippen molar-refractivity contribution in [3.63, 3.8) is 0 Å². The molecule has 2 rings (SSSR count). The Labute approximate surface area is 110 Å². The minimum absolute atomic E-state index is 0.0793. The molecule has 0 radical (unpaired) electrons. The topological polar surface area (TPSA) is 26.0 Å². The monoisotopic (exact) mass is 317 g/mol. The molecule has 0 saturated carbocycles. The standard InChI is InChI=1S/C12H7BrClF2N/c13-9-3-2-7(12(16)11(9)14)8-5-6(17)1-4-10(8)15/h1-5H,17H2. The highest BCUT2D eigenvalue weighted by Gasteiger charge is 2.15. The molecule has 0 aromatic heterocycles. The summed E-state index contributed by atoms with van der Waals surface area (Å²) in [6, 6.07) is 6.99. The van der Waals surface area contributed by atoms with Gasteiger partial charge in [-0.25, -0.2) is 8.78 Å². The van der Waals surface area contributed by atoms with E-state index in [1.165, 1.54) is 24.3 Å². The van der Waals surface area contributed by atoms with Gasteiger partial charge in [-0.3, -0.25) is 0 Å². The second kappa shape index (κ2) is 4.63. The first kappa shape index (κ1) is 12.3. The molecule has 2 aromatic carbocycles. The molecule has 0 aliphatic rings. The number of hydrogen-bond acceptors (Lipinski definition) is 1. The Balaban J connectivity index is 2.69. The summed E-state index contributed by atoms with van der Waals surface area (Å²) in [4.78, 5) is 0. The summed E-state index contributed by atoms with van der Waals surface area (Å²) >= 11 is 8.84. The zero-order valence-electron chi connectivity index (χ0n) is 8.48. The number of nitrogens with two attached hydrogens (primary N) is 1. The van der Waals surface area contributed by atoms with Crippen LogP contribution in [0.25, 0.3) is 11.1 Å². The van der Waals surface area contributed by atoms with E-state index < -0.39 is 11.6 Å². The molecule has 0 aliphatic carbocycles. The van der Waals surface area contributed by atoms with Crippen molar-refractivity contribution in [3.8, 4) is 11.1 Å². The van der Waals surface area contributed by atoms with Crippen LogP contribution in [0.4, 0.5) is 14.5 Å². The lowest BCUT2D eigenvalue weighted by Gasteiger charge is -2.08. The Morgan fingerprint density at radius 2 is 1.76 bits per heavy atom. The van der Waals surface area contributed by atoms with Gasteiger partial charge in [0.2, 0.25) is 0 Å². The Morgan fingerprint density at radius 1 is 1.06 bits per heavy atom. The van der Waals surface area contributed by atoms with Crippen LogP contribution in [0.5, 0.6) is 0 Å². The minimum atomic E-state index is -0.675. The first-order chi connectivity index (χ1) is 8.00. The highest BCUT2D eigenvalue weighted by molar-refractivity contribution is 9.10. The number of benzene rings is 2. The van der Waals surface area contributed by atoms with E-state index in [1.54, 1.807) is 6.07 Å². The summed E-state index contributed by atoms with van der Waals surface area (Å²) in [7, 11) is 0. The average Bonchev–Trinajstić information content (AvgIpc) is 2.30. The van der Waals surface area contributed by atoms with Gasteiger partial charge in [-0.05, 0) is 40.2 Å². The summed E-state index contributed by atoms with van der Waals surface area (Å²) in [5, 5.41) is -0.0793. The van der Waals surface area contributed by atoms with Crippen molar-refractivity contribution in [1.29, 1.82) is 0 Å². The smallest absolute Gasteiger partial charge is 0.150 e. The maximum atomic E-state index is 13.9. The lowest BCUT2D eigenvalue weighted by molar-refractivity contribution is 0.616. The van der Waals surface area contributed by atoms with Gasteiger partial charge in [-0.15, -0.1) is 0 Å². The Morgan fingerprint density at radius 3 is 2.47 bits per heavy atom. The van der Waals surface area contributed by atoms with Gasteiger partial charge in [-0.2, -0.15) is 0 Å². The predicted molar refractivity (Wildman–Crippen MR) is 68.9 cm³/mol. The van der Waals surface area contributed by atoms with E-state index >= 15 is 0 Å². The third-order valence-corrected chi connectivity index (χ3v) is 3.57. The van der Waals surface area contributed by atoms with Crippen LogP contribution >= 0.6 is 27.5 Å². The van der Waals surface area contributed by atoms with E-state index in [-0.39, 0.29) is 16.1 Å². The maximum Gasteiger partial charge on any atom is 0.150 e. The molecule has 0 fully saturated rings. The zero-order valence-corrected chi connectivity index (χ0v) is 10.8. The number of nitrogen functional groups attached to an aromatic ring is 1. The molecule has 17 heavy (non-hydrogen) atoms. The average molecular weight is 319 g/mol. The summed E-state index contributed by atoms with van der Waals surface area (Å²) < 4.78 is 27.9. The fourth-order valence-corrected chi connectivity index (χ4v) is 1.95. The normalized spacial score (nSPS) is 10.6. The first-order valence-electron chi connectivity index (χ1n) is 4.69. The van der Waals surface area contributed by atoms with E-state index in [4.69, 9.17) is 17.3 Å². The van der Waals surface area contributed by atoms with Crippen molar-refractivity contribution in [2.24, 2.45) is 0 Å². The number of anilines is 1. The largest absolute Gasteiger partial charge is 0.399 e. The second-order valence-electron chi connectivity index (χ2n) is 3.46. The first-order valence-corrected chi connectivity index (χ1v) is 5.86. The Bertz CT molecular complexity index is 587. The fraction of sp³-hybridized carbons (Fsp3) is 0. The van der Waals surface area contributed by atoms with E-state index in [9.17, 15) is 8.78 Å². The quantitative estimate of drug-likeness (QED) is 0.602. The molecular weight excluding hydrogens is 311 g/mol. The molecule has 0 heterocycles. The summed E-state index contributed by atoms with van der Waals surface area (Å²) in [5.74, 6) is -1.22. The van der Waals surface area contributed by atoms with Crippen LogP contribution in [0.2, 0.25) is 5.02 Å². The number of hydrogen-bond donors (Lipinski definition) is 1. The fourth-order valence-electron chi connectivity index (χ4n) is 1.48. The van der Waals surface area contributed by atoms with Crippen molar-refractivity contribution in [1.82, 2.24) is 0 Å². The molecule has 0 aliphatic heterocycles. The zero-order chi connectivity index (χ0) is 12.6. The molecule has 1 nitrogen and oxygen atoms in total. The van der Waals surface area contributed by atoms with Gasteiger partial charge in [0.05, 0.1) is 5.02 Å². The SMILES string of the molecule is Nc1ccc(F)c(-c2ccc(Br)c(Cl)c2F)c1. The molecule has 0 amide bonds. The second-order valence-corrected chi connectivity index (χ2v) is 4.69. The molecule has 88 valence electrons. The van der Waals surface area contributed by atoms with Crippen LogP contribution in [-0.2, 0) is 0 Å². The summed E-state index contributed by atoms with van der Waals surface area (Å²) in [5.41, 5.74) is 6.09. The molecule has 2 aromatic rings. The van der Waals surface area contributed by atoms with Gasteiger partial charge < -0.3 is 5.73 Å². The van der Waals surface area contributed by atoms with Crippen molar-refractivity contribution in [2.45, 2.75) is 0 Å². The highest BCUT2D eigenvalue weighted by Crippen LogP contribution is 2.34. The Kier molecular flexibility index (Phi) is 3.35. The van der Waals surface area contributed by atoms with Gasteiger partial charge in [-0.1, -0.05) is 17.7 Å². The van der Waals surface area contributed by atoms with Crippen LogP contribution in [0.15, 0.2) is 34.8 Å². The highest BCUT2D eigenvalue weighted by atomic mass is 79.9. The molecule has 0 bridgehead atoms. The molecule has 0 atom stereocenters. The van der Waals surface area contributed by atoms with E-state index in [2.05, 4.69) is 15.9 Å². The van der Waals surface area contributed by atoms with Gasteiger partial charge in [0, 0.05) is 21.3 Å². The third kappa shape index (κ3) is 2.28. The number of rotatable bonds is 1. The summed E-state index contributed by atoms with van der Waals surface area (Å²) in [6.07, 6.45) is 0. The predicted octanol–water partition coefficient (Wildman–Crippen LogP) is 4.63. The van der Waals surface area contributed by atoms with Gasteiger partial charge in [0.15, 0.2) is 5.82 Å². The molecular formula is C12H7BrClF2N. The molecule has 0 saturated heterocycles. The van der Waals surface area contributed by atoms with E-state index in [0.717, 1.165) is 0 Å².